The molecule has 1 aromatic rings. The Bertz CT molecular complexity index is 534. The maximum Gasteiger partial charge on any atom is 0.262 e. The Morgan fingerprint density at radius 1 is 1.56 bits per heavy atom. The van der Waals surface area contributed by atoms with Crippen LogP contribution in [0.1, 0.15) is 31.0 Å². The largest absolute Gasteiger partial charge is 0.392 e. The van der Waals surface area contributed by atoms with Crippen molar-refractivity contribution in [2.75, 3.05) is 7.05 Å². The van der Waals surface area contributed by atoms with E-state index in [1.807, 2.05) is 6.92 Å². The number of aryl methyl sites for hydroxylation is 1. The van der Waals surface area contributed by atoms with Crippen LogP contribution in [-0.2, 0) is 16.6 Å². The minimum Gasteiger partial charge on any atom is -0.392 e. The summed E-state index contributed by atoms with van der Waals surface area (Å²) in [5, 5.41) is 15.6. The third kappa shape index (κ3) is 2.17. The van der Waals surface area contributed by atoms with E-state index in [0.717, 1.165) is 12.8 Å². The maximum atomic E-state index is 12.4. The maximum absolute atomic E-state index is 12.4. The van der Waals surface area contributed by atoms with Gasteiger partial charge in [0.1, 0.15) is 0 Å². The molecule has 7 heteroatoms. The van der Waals surface area contributed by atoms with E-state index in [-0.39, 0.29) is 17.7 Å². The zero-order chi connectivity index (χ0) is 13.5. The van der Waals surface area contributed by atoms with Crippen LogP contribution < -0.4 is 0 Å². The van der Waals surface area contributed by atoms with Crippen molar-refractivity contribution >= 4 is 10.0 Å². The van der Waals surface area contributed by atoms with E-state index in [9.17, 15) is 13.5 Å². The van der Waals surface area contributed by atoms with Crippen LogP contribution in [0.25, 0.3) is 0 Å². The van der Waals surface area contributed by atoms with Gasteiger partial charge in [-0.1, -0.05) is 0 Å². The second-order valence-corrected chi connectivity index (χ2v) is 6.80. The van der Waals surface area contributed by atoms with Gasteiger partial charge in [0.25, 0.3) is 10.0 Å². The number of nitrogens with one attached hydrogen (secondary N) is 1. The Labute approximate surface area is 107 Å². The van der Waals surface area contributed by atoms with Crippen LogP contribution in [0.3, 0.4) is 0 Å². The Balaban J connectivity index is 2.34. The molecule has 1 heterocycles. The van der Waals surface area contributed by atoms with E-state index in [1.54, 1.807) is 14.0 Å². The number of rotatable bonds is 5. The molecule has 1 aliphatic carbocycles. The molecule has 1 saturated carbocycles. The van der Waals surface area contributed by atoms with E-state index in [0.29, 0.717) is 17.2 Å². The number of H-pyrrole nitrogens is 1. The first-order chi connectivity index (χ1) is 8.39. The fourth-order valence-corrected chi connectivity index (χ4v) is 3.63. The fraction of sp³-hybridized carbons (Fsp3) is 0.727. The van der Waals surface area contributed by atoms with Crippen LogP contribution >= 0.6 is 0 Å². The molecule has 1 fully saturated rings. The lowest BCUT2D eigenvalue weighted by atomic mass is 10.2. The Kier molecular flexibility index (Phi) is 3.48. The summed E-state index contributed by atoms with van der Waals surface area (Å²) in [6, 6.07) is -0.0291. The third-order valence-corrected chi connectivity index (χ3v) is 5.61. The van der Waals surface area contributed by atoms with Crippen LogP contribution in [0.4, 0.5) is 0 Å². The van der Waals surface area contributed by atoms with E-state index in [2.05, 4.69) is 10.2 Å². The molecule has 0 amide bonds. The average Bonchev–Trinajstić information content (AvgIpc) is 3.10. The summed E-state index contributed by atoms with van der Waals surface area (Å²) >= 11 is 0. The monoisotopic (exact) mass is 273 g/mol. The Morgan fingerprint density at radius 3 is 2.67 bits per heavy atom. The fourth-order valence-electron chi connectivity index (χ4n) is 2.06. The van der Waals surface area contributed by atoms with Gasteiger partial charge in [0, 0.05) is 24.3 Å². The highest BCUT2D eigenvalue weighted by Gasteiger charge is 2.38. The lowest BCUT2D eigenvalue weighted by Gasteiger charge is -2.23. The summed E-state index contributed by atoms with van der Waals surface area (Å²) < 4.78 is 26.2. The molecule has 18 heavy (non-hydrogen) atoms. The first-order valence-electron chi connectivity index (χ1n) is 6.02. The molecule has 1 atom stereocenters. The predicted octanol–water partition coefficient (Wildman–Crippen LogP) is 0.629. The van der Waals surface area contributed by atoms with Crippen LogP contribution in [0.15, 0.2) is 5.03 Å². The topological polar surface area (TPSA) is 86.3 Å². The smallest absolute Gasteiger partial charge is 0.262 e. The Hall–Kier alpha value is -0.920. The SMILES string of the molecule is Cc1[nH]nc(S(=O)(=O)N(C)C(C)C2CC2)c1CO. The standard InChI is InChI=1S/C11H19N3O3S/c1-7-10(6-15)11(13-12-7)18(16,17)14(3)8(2)9-4-5-9/h8-9,15H,4-6H2,1-3H3,(H,12,13). The van der Waals surface area contributed by atoms with Crippen molar-refractivity contribution in [3.05, 3.63) is 11.3 Å². The first kappa shape index (κ1) is 13.5. The van der Waals surface area contributed by atoms with Crippen molar-refractivity contribution in [1.29, 1.82) is 0 Å². The number of nitrogens with zero attached hydrogens (tertiary/aromatic N) is 2. The van der Waals surface area contributed by atoms with Crippen molar-refractivity contribution in [3.63, 3.8) is 0 Å². The molecule has 0 aliphatic heterocycles. The van der Waals surface area contributed by atoms with Gasteiger partial charge in [0.05, 0.1) is 6.61 Å². The van der Waals surface area contributed by atoms with Gasteiger partial charge in [0.2, 0.25) is 0 Å². The highest BCUT2D eigenvalue weighted by molar-refractivity contribution is 7.89. The van der Waals surface area contributed by atoms with Crippen molar-refractivity contribution in [3.8, 4) is 0 Å². The van der Waals surface area contributed by atoms with Gasteiger partial charge in [-0.3, -0.25) is 5.10 Å². The molecule has 2 rings (SSSR count). The van der Waals surface area contributed by atoms with Gasteiger partial charge >= 0.3 is 0 Å². The summed E-state index contributed by atoms with van der Waals surface area (Å²) in [4.78, 5) is 0. The summed E-state index contributed by atoms with van der Waals surface area (Å²) in [6.07, 6.45) is 2.15. The van der Waals surface area contributed by atoms with Crippen molar-refractivity contribution in [2.45, 2.75) is 44.4 Å². The third-order valence-electron chi connectivity index (χ3n) is 3.70. The van der Waals surface area contributed by atoms with Crippen molar-refractivity contribution in [1.82, 2.24) is 14.5 Å². The summed E-state index contributed by atoms with van der Waals surface area (Å²) in [7, 11) is -2.06. The number of aromatic amines is 1. The van der Waals surface area contributed by atoms with E-state index < -0.39 is 10.0 Å². The second-order valence-electron chi connectivity index (χ2n) is 4.89. The minimum absolute atomic E-state index is 0.0291. The second kappa shape index (κ2) is 4.64. The molecule has 0 spiro atoms. The van der Waals surface area contributed by atoms with Gasteiger partial charge in [-0.05, 0) is 32.6 Å². The number of aromatic nitrogens is 2. The lowest BCUT2D eigenvalue weighted by Crippen LogP contribution is -2.37. The lowest BCUT2D eigenvalue weighted by molar-refractivity contribution is 0.276. The first-order valence-corrected chi connectivity index (χ1v) is 7.46. The number of aliphatic hydroxyl groups excluding tert-OH is 1. The van der Waals surface area contributed by atoms with Gasteiger partial charge in [0.15, 0.2) is 5.03 Å². The normalized spacial score (nSPS) is 18.3. The quantitative estimate of drug-likeness (QED) is 0.824. The molecule has 1 unspecified atom stereocenters. The molecule has 1 aliphatic rings. The van der Waals surface area contributed by atoms with E-state index in [1.165, 1.54) is 4.31 Å². The van der Waals surface area contributed by atoms with E-state index >= 15 is 0 Å². The summed E-state index contributed by atoms with van der Waals surface area (Å²) in [6.45, 7) is 3.28. The zero-order valence-electron chi connectivity index (χ0n) is 10.8. The minimum atomic E-state index is -3.63. The van der Waals surface area contributed by atoms with Gasteiger partial charge in [-0.15, -0.1) is 0 Å². The van der Waals surface area contributed by atoms with Gasteiger partial charge in [-0.2, -0.15) is 9.40 Å². The van der Waals surface area contributed by atoms with Crippen molar-refractivity contribution < 1.29 is 13.5 Å². The molecular formula is C11H19N3O3S. The molecule has 2 N–H and O–H groups in total. The zero-order valence-corrected chi connectivity index (χ0v) is 11.7. The highest BCUT2D eigenvalue weighted by atomic mass is 32.2. The number of aliphatic hydroxyl groups is 1. The molecule has 0 saturated heterocycles. The van der Waals surface area contributed by atoms with Crippen LogP contribution in [0.2, 0.25) is 0 Å². The number of hydrogen-bond donors (Lipinski definition) is 2. The van der Waals surface area contributed by atoms with Crippen LogP contribution in [0, 0.1) is 12.8 Å². The number of hydrogen-bond acceptors (Lipinski definition) is 4. The van der Waals surface area contributed by atoms with Gasteiger partial charge in [-0.25, -0.2) is 8.42 Å². The predicted molar refractivity (Wildman–Crippen MR) is 66.4 cm³/mol. The molecule has 1 aromatic heterocycles. The van der Waals surface area contributed by atoms with Crippen molar-refractivity contribution in [2.24, 2.45) is 5.92 Å². The molecule has 102 valence electrons. The van der Waals surface area contributed by atoms with Crippen LogP contribution in [-0.4, -0.2) is 41.1 Å². The number of sulfonamides is 1. The molecule has 0 bridgehead atoms. The highest BCUT2D eigenvalue weighted by Crippen LogP contribution is 2.36. The van der Waals surface area contributed by atoms with Gasteiger partial charge < -0.3 is 5.11 Å². The van der Waals surface area contributed by atoms with Crippen LogP contribution in [0.5, 0.6) is 0 Å². The molecular weight excluding hydrogens is 254 g/mol. The summed E-state index contributed by atoms with van der Waals surface area (Å²) in [5.41, 5.74) is 0.938. The molecule has 0 radical (unpaired) electrons. The molecule has 6 nitrogen and oxygen atoms in total. The summed E-state index contributed by atoms with van der Waals surface area (Å²) in [5.74, 6) is 0.447. The Morgan fingerprint density at radius 2 is 2.17 bits per heavy atom. The average molecular weight is 273 g/mol. The van der Waals surface area contributed by atoms with E-state index in [4.69, 9.17) is 0 Å². The molecule has 0 aromatic carbocycles.